The summed E-state index contributed by atoms with van der Waals surface area (Å²) in [6, 6.07) is 8.17. The van der Waals surface area contributed by atoms with E-state index in [1.54, 1.807) is 6.92 Å². The second kappa shape index (κ2) is 5.27. The molecule has 0 aliphatic heterocycles. The molecular weight excluding hydrogens is 224 g/mol. The van der Waals surface area contributed by atoms with Crippen LogP contribution >= 0.6 is 0 Å². The van der Waals surface area contributed by atoms with E-state index < -0.39 is 11.4 Å². The van der Waals surface area contributed by atoms with Gasteiger partial charge in [0, 0.05) is 6.42 Å². The van der Waals surface area contributed by atoms with E-state index in [0.717, 1.165) is 12.8 Å². The van der Waals surface area contributed by atoms with Gasteiger partial charge in [-0.25, -0.2) is 0 Å². The van der Waals surface area contributed by atoms with Crippen LogP contribution in [-0.2, 0) is 17.6 Å². The molecule has 1 unspecified atom stereocenters. The van der Waals surface area contributed by atoms with Gasteiger partial charge in [0.05, 0.1) is 5.41 Å². The van der Waals surface area contributed by atoms with Gasteiger partial charge in [0.1, 0.15) is 0 Å². The van der Waals surface area contributed by atoms with E-state index in [-0.39, 0.29) is 0 Å². The summed E-state index contributed by atoms with van der Waals surface area (Å²) < 4.78 is 0. The summed E-state index contributed by atoms with van der Waals surface area (Å²) in [7, 11) is 0. The number of carboxylic acids is 1. The highest BCUT2D eigenvalue weighted by molar-refractivity contribution is 5.75. The van der Waals surface area contributed by atoms with E-state index in [9.17, 15) is 9.90 Å². The molecule has 0 heterocycles. The lowest BCUT2D eigenvalue weighted by Gasteiger charge is -2.34. The van der Waals surface area contributed by atoms with E-state index >= 15 is 0 Å². The maximum atomic E-state index is 11.6. The van der Waals surface area contributed by atoms with Gasteiger partial charge in [-0.3, -0.25) is 4.79 Å². The molecule has 2 nitrogen and oxygen atoms in total. The topological polar surface area (TPSA) is 37.3 Å². The molecule has 0 saturated carbocycles. The van der Waals surface area contributed by atoms with Gasteiger partial charge in [-0.15, -0.1) is 11.8 Å². The molecule has 2 rings (SSSR count). The molecule has 1 aromatic rings. The number of rotatable bonds is 3. The Bertz CT molecular complexity index is 507. The fraction of sp³-hybridized carbons (Fsp3) is 0.438. The standard InChI is InChI=1S/C16H18O2/c1-2-3-6-10-16(15(17)18)11-9-13-7-4-5-8-14(13)12-16/h4-5,7-8H,6,9-12H2,1H3,(H,17,18). The third-order valence-electron chi connectivity index (χ3n) is 3.88. The molecule has 0 saturated heterocycles. The molecule has 0 radical (unpaired) electrons. The summed E-state index contributed by atoms with van der Waals surface area (Å²) in [6.07, 6.45) is 3.55. The number of carboxylic acid groups (broad SMARTS) is 1. The van der Waals surface area contributed by atoms with Crippen LogP contribution < -0.4 is 0 Å². The van der Waals surface area contributed by atoms with Crippen LogP contribution in [0.4, 0.5) is 0 Å². The van der Waals surface area contributed by atoms with Gasteiger partial charge >= 0.3 is 5.97 Å². The lowest BCUT2D eigenvalue weighted by molar-refractivity contribution is -0.150. The van der Waals surface area contributed by atoms with E-state index in [4.69, 9.17) is 0 Å². The third-order valence-corrected chi connectivity index (χ3v) is 3.88. The minimum atomic E-state index is -0.671. The number of hydrogen-bond donors (Lipinski definition) is 1. The van der Waals surface area contributed by atoms with Gasteiger partial charge in [0.15, 0.2) is 0 Å². The average molecular weight is 242 g/mol. The Morgan fingerprint density at radius 2 is 2.11 bits per heavy atom. The Balaban J connectivity index is 2.23. The van der Waals surface area contributed by atoms with E-state index in [0.29, 0.717) is 19.3 Å². The summed E-state index contributed by atoms with van der Waals surface area (Å²) >= 11 is 0. The van der Waals surface area contributed by atoms with Crippen LogP contribution in [0.5, 0.6) is 0 Å². The second-order valence-electron chi connectivity index (χ2n) is 4.96. The molecule has 2 heteroatoms. The fourth-order valence-corrected chi connectivity index (χ4v) is 2.73. The zero-order valence-electron chi connectivity index (χ0n) is 10.7. The Kier molecular flexibility index (Phi) is 3.72. The monoisotopic (exact) mass is 242 g/mol. The molecule has 0 fully saturated rings. The van der Waals surface area contributed by atoms with E-state index in [1.807, 2.05) is 12.1 Å². The molecule has 0 aromatic heterocycles. The molecular formula is C16H18O2. The van der Waals surface area contributed by atoms with Crippen LogP contribution in [0.1, 0.15) is 37.3 Å². The predicted molar refractivity (Wildman–Crippen MR) is 71.2 cm³/mol. The van der Waals surface area contributed by atoms with Gasteiger partial charge in [0.25, 0.3) is 0 Å². The zero-order valence-corrected chi connectivity index (χ0v) is 10.7. The van der Waals surface area contributed by atoms with Crippen molar-refractivity contribution >= 4 is 5.97 Å². The number of hydrogen-bond acceptors (Lipinski definition) is 1. The van der Waals surface area contributed by atoms with Crippen LogP contribution in [0.15, 0.2) is 24.3 Å². The molecule has 0 bridgehead atoms. The fourth-order valence-electron chi connectivity index (χ4n) is 2.73. The average Bonchev–Trinajstić information content (AvgIpc) is 2.38. The number of benzene rings is 1. The zero-order chi connectivity index (χ0) is 13.0. The van der Waals surface area contributed by atoms with Gasteiger partial charge in [-0.05, 0) is 43.7 Å². The van der Waals surface area contributed by atoms with Crippen LogP contribution in [0.3, 0.4) is 0 Å². The van der Waals surface area contributed by atoms with Crippen molar-refractivity contribution in [3.05, 3.63) is 35.4 Å². The Hall–Kier alpha value is -1.75. The summed E-state index contributed by atoms with van der Waals surface area (Å²) in [5.41, 5.74) is 1.88. The summed E-state index contributed by atoms with van der Waals surface area (Å²) in [4.78, 5) is 11.6. The molecule has 1 aliphatic carbocycles. The molecule has 18 heavy (non-hydrogen) atoms. The lowest BCUT2D eigenvalue weighted by Crippen LogP contribution is -2.37. The van der Waals surface area contributed by atoms with Crippen LogP contribution in [0.25, 0.3) is 0 Å². The molecule has 1 atom stereocenters. The van der Waals surface area contributed by atoms with E-state index in [1.165, 1.54) is 11.1 Å². The van der Waals surface area contributed by atoms with Crippen molar-refractivity contribution in [2.75, 3.05) is 0 Å². The smallest absolute Gasteiger partial charge is 0.310 e. The van der Waals surface area contributed by atoms with Crippen molar-refractivity contribution in [1.29, 1.82) is 0 Å². The maximum Gasteiger partial charge on any atom is 0.310 e. The van der Waals surface area contributed by atoms with Crippen LogP contribution in [-0.4, -0.2) is 11.1 Å². The summed E-state index contributed by atoms with van der Waals surface area (Å²) in [6.45, 7) is 1.80. The normalized spacial score (nSPS) is 21.6. The van der Waals surface area contributed by atoms with Crippen LogP contribution in [0.2, 0.25) is 0 Å². The molecule has 1 aliphatic rings. The van der Waals surface area contributed by atoms with Gasteiger partial charge in [0.2, 0.25) is 0 Å². The van der Waals surface area contributed by atoms with Crippen molar-refractivity contribution < 1.29 is 9.90 Å². The van der Waals surface area contributed by atoms with Crippen molar-refractivity contribution in [2.45, 2.75) is 39.0 Å². The number of aryl methyl sites for hydroxylation is 1. The molecule has 94 valence electrons. The summed E-state index contributed by atoms with van der Waals surface area (Å²) in [5, 5.41) is 9.57. The SMILES string of the molecule is CC#CCCC1(C(=O)O)CCc2ccccc2C1. The number of fused-ring (bicyclic) bond motifs is 1. The highest BCUT2D eigenvalue weighted by Crippen LogP contribution is 2.39. The van der Waals surface area contributed by atoms with Crippen molar-refractivity contribution in [3.8, 4) is 11.8 Å². The van der Waals surface area contributed by atoms with Gasteiger partial charge in [-0.2, -0.15) is 0 Å². The summed E-state index contributed by atoms with van der Waals surface area (Å²) in [5.74, 6) is 5.15. The first-order valence-corrected chi connectivity index (χ1v) is 6.38. The minimum absolute atomic E-state index is 0.613. The first kappa shape index (κ1) is 12.7. The quantitative estimate of drug-likeness (QED) is 0.827. The molecule has 1 N–H and O–H groups in total. The second-order valence-corrected chi connectivity index (χ2v) is 4.96. The third kappa shape index (κ3) is 2.41. The Morgan fingerprint density at radius 3 is 2.78 bits per heavy atom. The Morgan fingerprint density at radius 1 is 1.39 bits per heavy atom. The minimum Gasteiger partial charge on any atom is -0.481 e. The van der Waals surface area contributed by atoms with Crippen LogP contribution in [0, 0.1) is 17.3 Å². The number of aliphatic carboxylic acids is 1. The lowest BCUT2D eigenvalue weighted by atomic mass is 9.69. The largest absolute Gasteiger partial charge is 0.481 e. The van der Waals surface area contributed by atoms with Crippen molar-refractivity contribution in [2.24, 2.45) is 5.41 Å². The molecule has 1 aromatic carbocycles. The van der Waals surface area contributed by atoms with E-state index in [2.05, 4.69) is 24.0 Å². The molecule has 0 spiro atoms. The molecule has 0 amide bonds. The Labute approximate surface area is 108 Å². The maximum absolute atomic E-state index is 11.6. The van der Waals surface area contributed by atoms with Crippen molar-refractivity contribution in [3.63, 3.8) is 0 Å². The van der Waals surface area contributed by atoms with Crippen molar-refractivity contribution in [1.82, 2.24) is 0 Å². The predicted octanol–water partition coefficient (Wildman–Crippen LogP) is 3.05. The first-order valence-electron chi connectivity index (χ1n) is 6.38. The highest BCUT2D eigenvalue weighted by Gasteiger charge is 2.40. The van der Waals surface area contributed by atoms with Gasteiger partial charge < -0.3 is 5.11 Å². The van der Waals surface area contributed by atoms with Gasteiger partial charge in [-0.1, -0.05) is 24.3 Å². The first-order chi connectivity index (χ1) is 8.68. The highest BCUT2D eigenvalue weighted by atomic mass is 16.4. The number of carbonyl (C=O) groups is 1.